The number of nitrogens with one attached hydrogen (secondary N) is 1. The van der Waals surface area contributed by atoms with Gasteiger partial charge in [-0.2, -0.15) is 0 Å². The Labute approximate surface area is 142 Å². The van der Waals surface area contributed by atoms with Crippen molar-refractivity contribution in [1.82, 2.24) is 4.90 Å². The fourth-order valence-electron chi connectivity index (χ4n) is 2.29. The summed E-state index contributed by atoms with van der Waals surface area (Å²) in [6, 6.07) is 6.00. The lowest BCUT2D eigenvalue weighted by Gasteiger charge is -2.15. The molecule has 7 nitrogen and oxygen atoms in total. The lowest BCUT2D eigenvalue weighted by molar-refractivity contribution is -0.136. The maximum atomic E-state index is 12.4. The molecule has 136 valence electrons. The van der Waals surface area contributed by atoms with Crippen LogP contribution in [0.5, 0.6) is 5.75 Å². The van der Waals surface area contributed by atoms with Gasteiger partial charge in [-0.05, 0) is 24.3 Å². The van der Waals surface area contributed by atoms with Crippen LogP contribution in [-0.2, 0) is 14.3 Å². The van der Waals surface area contributed by atoms with Crippen molar-refractivity contribution in [2.24, 2.45) is 0 Å². The first-order valence-electron chi connectivity index (χ1n) is 7.46. The van der Waals surface area contributed by atoms with Gasteiger partial charge in [-0.15, -0.1) is 0 Å². The zero-order valence-electron chi connectivity index (χ0n) is 13.5. The number of alkyl halides is 2. The number of esters is 1. The molecule has 0 saturated carbocycles. The Morgan fingerprint density at radius 1 is 1.36 bits per heavy atom. The molecule has 25 heavy (non-hydrogen) atoms. The van der Waals surface area contributed by atoms with Crippen molar-refractivity contribution in [2.45, 2.75) is 6.43 Å². The lowest BCUT2D eigenvalue weighted by Crippen LogP contribution is -2.31. The predicted molar refractivity (Wildman–Crippen MR) is 84.3 cm³/mol. The summed E-state index contributed by atoms with van der Waals surface area (Å²) in [4.78, 5) is 25.5. The average Bonchev–Trinajstić information content (AvgIpc) is 2.90. The Kier molecular flexibility index (Phi) is 6.29. The number of halogens is 2. The second-order valence-corrected chi connectivity index (χ2v) is 5.15. The highest BCUT2D eigenvalue weighted by Gasteiger charge is 2.34. The maximum Gasteiger partial charge on any atom is 0.337 e. The van der Waals surface area contributed by atoms with Crippen LogP contribution >= 0.6 is 0 Å². The number of hydrogen-bond donors (Lipinski definition) is 2. The van der Waals surface area contributed by atoms with E-state index >= 15 is 0 Å². The molecule has 1 aliphatic heterocycles. The van der Waals surface area contributed by atoms with E-state index in [0.29, 0.717) is 5.69 Å². The molecule has 0 aromatic heterocycles. The van der Waals surface area contributed by atoms with Gasteiger partial charge in [-0.25, -0.2) is 13.6 Å². The molecule has 0 radical (unpaired) electrons. The van der Waals surface area contributed by atoms with E-state index in [0.717, 1.165) is 0 Å². The number of amides is 1. The topological polar surface area (TPSA) is 88.1 Å². The van der Waals surface area contributed by atoms with Crippen molar-refractivity contribution in [2.75, 3.05) is 38.7 Å². The predicted octanol–water partition coefficient (Wildman–Crippen LogP) is 1.00. The van der Waals surface area contributed by atoms with E-state index in [1.165, 1.54) is 36.3 Å². The molecule has 1 aromatic rings. The molecular weight excluding hydrogens is 338 g/mol. The third-order valence-electron chi connectivity index (χ3n) is 3.45. The van der Waals surface area contributed by atoms with Crippen molar-refractivity contribution < 1.29 is 33.0 Å². The molecule has 1 aliphatic rings. The third-order valence-corrected chi connectivity index (χ3v) is 3.45. The molecular formula is C16H18F2N2O5. The van der Waals surface area contributed by atoms with Gasteiger partial charge in [-0.1, -0.05) is 0 Å². The molecule has 0 saturated heterocycles. The molecule has 0 unspecified atom stereocenters. The number of aliphatic hydroxyl groups is 1. The number of carbonyl (C=O) groups is 2. The number of carbonyl (C=O) groups excluding carboxylic acids is 2. The van der Waals surface area contributed by atoms with Crippen molar-refractivity contribution in [3.8, 4) is 5.75 Å². The summed E-state index contributed by atoms with van der Waals surface area (Å²) in [5, 5.41) is 11.8. The Morgan fingerprint density at radius 3 is 2.60 bits per heavy atom. The molecule has 1 amide bonds. The zero-order chi connectivity index (χ0) is 18.4. The zero-order valence-corrected chi connectivity index (χ0v) is 13.5. The molecule has 1 heterocycles. The van der Waals surface area contributed by atoms with Gasteiger partial charge in [0.1, 0.15) is 18.1 Å². The van der Waals surface area contributed by atoms with Gasteiger partial charge in [0.15, 0.2) is 0 Å². The first-order valence-corrected chi connectivity index (χ1v) is 7.46. The monoisotopic (exact) mass is 356 g/mol. The van der Waals surface area contributed by atoms with Crippen LogP contribution in [0.15, 0.2) is 35.5 Å². The number of nitrogens with zero attached hydrogens (tertiary/aromatic N) is 1. The van der Waals surface area contributed by atoms with Gasteiger partial charge >= 0.3 is 5.97 Å². The van der Waals surface area contributed by atoms with E-state index in [9.17, 15) is 18.4 Å². The van der Waals surface area contributed by atoms with E-state index in [-0.39, 0.29) is 36.7 Å². The highest BCUT2D eigenvalue weighted by Crippen LogP contribution is 2.24. The second kappa shape index (κ2) is 8.43. The molecule has 0 atom stereocenters. The number of rotatable bonds is 8. The van der Waals surface area contributed by atoms with Gasteiger partial charge < -0.3 is 24.8 Å². The van der Waals surface area contributed by atoms with E-state index in [1.54, 1.807) is 0 Å². The van der Waals surface area contributed by atoms with E-state index in [1.807, 2.05) is 0 Å². The molecule has 2 rings (SSSR count). The minimum atomic E-state index is -2.57. The van der Waals surface area contributed by atoms with Crippen LogP contribution in [0.25, 0.3) is 0 Å². The quantitative estimate of drug-likeness (QED) is 0.676. The molecule has 1 aromatic carbocycles. The Bertz CT molecular complexity index is 661. The first kappa shape index (κ1) is 18.7. The average molecular weight is 356 g/mol. The number of hydrogen-bond acceptors (Lipinski definition) is 6. The van der Waals surface area contributed by atoms with Crippen molar-refractivity contribution in [1.29, 1.82) is 0 Å². The minimum Gasteiger partial charge on any atom is -0.488 e. The normalized spacial score (nSPS) is 14.3. The Balaban J connectivity index is 2.14. The Hall–Kier alpha value is -2.68. The van der Waals surface area contributed by atoms with Crippen LogP contribution < -0.4 is 10.1 Å². The molecule has 0 bridgehead atoms. The summed E-state index contributed by atoms with van der Waals surface area (Å²) in [7, 11) is 1.21. The van der Waals surface area contributed by atoms with Gasteiger partial charge in [0.05, 0.1) is 25.8 Å². The van der Waals surface area contributed by atoms with Crippen LogP contribution in [0.1, 0.15) is 0 Å². The van der Waals surface area contributed by atoms with Gasteiger partial charge in [0.25, 0.3) is 12.3 Å². The summed E-state index contributed by atoms with van der Waals surface area (Å²) >= 11 is 0. The second-order valence-electron chi connectivity index (χ2n) is 5.15. The largest absolute Gasteiger partial charge is 0.488 e. The third kappa shape index (κ3) is 4.66. The molecule has 0 aliphatic carbocycles. The summed E-state index contributed by atoms with van der Waals surface area (Å²) in [5.74, 6) is -0.826. The van der Waals surface area contributed by atoms with Gasteiger partial charge in [-0.3, -0.25) is 4.79 Å². The van der Waals surface area contributed by atoms with Crippen molar-refractivity contribution in [3.63, 3.8) is 0 Å². The standard InChI is InChI=1S/C16H18F2N2O5/c1-24-16(23)12-8-20(6-7-21)15(22)14(12)19-10-2-4-11(5-3-10)25-9-13(17)18/h2-5,13,19,21H,6-9H2,1H3. The number of β-amino-alcohol motifs (C(OH)–C–C–N with tert-alkyl or cyclic N) is 1. The van der Waals surface area contributed by atoms with Crippen LogP contribution in [-0.4, -0.2) is 61.7 Å². The molecule has 0 fully saturated rings. The number of anilines is 1. The van der Waals surface area contributed by atoms with E-state index < -0.39 is 24.9 Å². The Morgan fingerprint density at radius 2 is 2.04 bits per heavy atom. The number of aliphatic hydroxyl groups excluding tert-OH is 1. The summed E-state index contributed by atoms with van der Waals surface area (Å²) in [5.41, 5.74) is 0.681. The van der Waals surface area contributed by atoms with E-state index in [2.05, 4.69) is 10.1 Å². The lowest BCUT2D eigenvalue weighted by atomic mass is 10.2. The minimum absolute atomic E-state index is 0.0317. The fraction of sp³-hybridized carbons (Fsp3) is 0.375. The summed E-state index contributed by atoms with van der Waals surface area (Å²) < 4.78 is 33.8. The molecule has 2 N–H and O–H groups in total. The number of benzene rings is 1. The summed E-state index contributed by atoms with van der Waals surface area (Å²) in [6.07, 6.45) is -2.57. The van der Waals surface area contributed by atoms with Crippen LogP contribution in [0, 0.1) is 0 Å². The van der Waals surface area contributed by atoms with Gasteiger partial charge in [0, 0.05) is 12.2 Å². The summed E-state index contributed by atoms with van der Waals surface area (Å²) in [6.45, 7) is -0.822. The highest BCUT2D eigenvalue weighted by atomic mass is 19.3. The molecule has 0 spiro atoms. The van der Waals surface area contributed by atoms with Crippen molar-refractivity contribution >= 4 is 17.6 Å². The van der Waals surface area contributed by atoms with Crippen LogP contribution in [0.3, 0.4) is 0 Å². The van der Waals surface area contributed by atoms with E-state index in [4.69, 9.17) is 9.84 Å². The first-order chi connectivity index (χ1) is 12.0. The maximum absolute atomic E-state index is 12.4. The van der Waals surface area contributed by atoms with Crippen molar-refractivity contribution in [3.05, 3.63) is 35.5 Å². The SMILES string of the molecule is COC(=O)C1=C(Nc2ccc(OCC(F)F)cc2)C(=O)N(CCO)C1. The van der Waals surface area contributed by atoms with Gasteiger partial charge in [0.2, 0.25) is 0 Å². The smallest absolute Gasteiger partial charge is 0.337 e. The fourth-order valence-corrected chi connectivity index (χ4v) is 2.29. The van der Waals surface area contributed by atoms with Crippen LogP contribution in [0.2, 0.25) is 0 Å². The highest BCUT2D eigenvalue weighted by molar-refractivity contribution is 6.08. The van der Waals surface area contributed by atoms with Crippen LogP contribution in [0.4, 0.5) is 14.5 Å². The number of methoxy groups -OCH3 is 1. The molecule has 9 heteroatoms. The number of ether oxygens (including phenoxy) is 2.